The number of nitrogens with zero attached hydrogens (tertiary/aromatic N) is 3. The number of fused-ring (bicyclic) bond motifs is 1. The van der Waals surface area contributed by atoms with Crippen LogP contribution in [0.1, 0.15) is 12.8 Å². The van der Waals surface area contributed by atoms with E-state index in [1.807, 2.05) is 18.2 Å². The molecule has 1 saturated heterocycles. The number of hydrogen-bond acceptors (Lipinski definition) is 4. The van der Waals surface area contributed by atoms with E-state index in [4.69, 9.17) is 16.3 Å². The largest absolute Gasteiger partial charge is 0.384 e. The number of halogens is 1. The van der Waals surface area contributed by atoms with Crippen molar-refractivity contribution in [3.8, 4) is 0 Å². The van der Waals surface area contributed by atoms with Crippen LogP contribution >= 0.6 is 11.6 Å². The summed E-state index contributed by atoms with van der Waals surface area (Å²) in [5.74, 6) is 1.58. The summed E-state index contributed by atoms with van der Waals surface area (Å²) in [4.78, 5) is 11.1. The van der Waals surface area contributed by atoms with Gasteiger partial charge in [0.1, 0.15) is 12.1 Å². The molecule has 0 amide bonds. The lowest BCUT2D eigenvalue weighted by Gasteiger charge is -2.33. The molecule has 20 heavy (non-hydrogen) atoms. The molecule has 0 N–H and O–H groups in total. The zero-order valence-corrected chi connectivity index (χ0v) is 12.3. The summed E-state index contributed by atoms with van der Waals surface area (Å²) in [6.45, 7) is 2.84. The van der Waals surface area contributed by atoms with Crippen molar-refractivity contribution in [1.82, 2.24) is 9.97 Å². The van der Waals surface area contributed by atoms with Gasteiger partial charge in [-0.05, 0) is 37.0 Å². The highest BCUT2D eigenvalue weighted by atomic mass is 35.5. The molecule has 2 heterocycles. The van der Waals surface area contributed by atoms with E-state index in [1.54, 1.807) is 13.4 Å². The van der Waals surface area contributed by atoms with Crippen LogP contribution in [0, 0.1) is 5.92 Å². The number of rotatable bonds is 3. The first kappa shape index (κ1) is 13.6. The number of anilines is 1. The lowest BCUT2D eigenvalue weighted by atomic mass is 9.98. The van der Waals surface area contributed by atoms with Gasteiger partial charge in [-0.3, -0.25) is 0 Å². The first-order valence-electron chi connectivity index (χ1n) is 6.92. The van der Waals surface area contributed by atoms with Gasteiger partial charge in [-0.25, -0.2) is 9.97 Å². The van der Waals surface area contributed by atoms with Gasteiger partial charge in [-0.1, -0.05) is 11.6 Å². The van der Waals surface area contributed by atoms with Crippen LogP contribution in [0.3, 0.4) is 0 Å². The molecule has 1 atom stereocenters. The minimum atomic E-state index is 0.575. The third-order valence-electron chi connectivity index (χ3n) is 3.80. The molecule has 1 fully saturated rings. The Hall–Kier alpha value is -1.39. The fourth-order valence-electron chi connectivity index (χ4n) is 2.90. The number of piperidine rings is 1. The maximum Gasteiger partial charge on any atom is 0.139 e. The number of ether oxygens (including phenoxy) is 1. The van der Waals surface area contributed by atoms with E-state index in [9.17, 15) is 0 Å². The highest BCUT2D eigenvalue weighted by Gasteiger charge is 2.22. The van der Waals surface area contributed by atoms with Gasteiger partial charge in [0, 0.05) is 30.6 Å². The van der Waals surface area contributed by atoms with Crippen LogP contribution in [-0.4, -0.2) is 36.8 Å². The van der Waals surface area contributed by atoms with Crippen LogP contribution in [-0.2, 0) is 4.74 Å². The number of aromatic nitrogens is 2. The van der Waals surface area contributed by atoms with E-state index >= 15 is 0 Å². The van der Waals surface area contributed by atoms with E-state index in [-0.39, 0.29) is 0 Å². The van der Waals surface area contributed by atoms with Crippen LogP contribution in [0.15, 0.2) is 24.5 Å². The Kier molecular flexibility index (Phi) is 4.03. The Morgan fingerprint density at radius 3 is 3.15 bits per heavy atom. The molecular formula is C15H18ClN3O. The van der Waals surface area contributed by atoms with E-state index in [1.165, 1.54) is 12.8 Å². The Balaban J connectivity index is 1.93. The molecule has 1 aromatic carbocycles. The zero-order chi connectivity index (χ0) is 13.9. The molecule has 0 aliphatic carbocycles. The van der Waals surface area contributed by atoms with Crippen molar-refractivity contribution in [2.24, 2.45) is 5.92 Å². The Morgan fingerprint density at radius 2 is 2.30 bits per heavy atom. The van der Waals surface area contributed by atoms with Gasteiger partial charge in [0.15, 0.2) is 0 Å². The molecule has 1 aromatic heterocycles. The minimum absolute atomic E-state index is 0.575. The molecule has 5 heteroatoms. The number of methoxy groups -OCH3 is 1. The van der Waals surface area contributed by atoms with Gasteiger partial charge < -0.3 is 9.64 Å². The van der Waals surface area contributed by atoms with Crippen molar-refractivity contribution >= 4 is 28.3 Å². The van der Waals surface area contributed by atoms with Crippen LogP contribution < -0.4 is 4.90 Å². The second-order valence-corrected chi connectivity index (χ2v) is 5.70. The summed E-state index contributed by atoms with van der Waals surface area (Å²) in [6, 6.07) is 5.79. The first-order valence-corrected chi connectivity index (χ1v) is 7.30. The molecule has 4 nitrogen and oxygen atoms in total. The zero-order valence-electron chi connectivity index (χ0n) is 11.6. The van der Waals surface area contributed by atoms with Crippen LogP contribution in [0.4, 0.5) is 5.82 Å². The van der Waals surface area contributed by atoms with E-state index < -0.39 is 0 Å². The lowest BCUT2D eigenvalue weighted by Crippen LogP contribution is -2.37. The first-order chi connectivity index (χ1) is 9.78. The smallest absolute Gasteiger partial charge is 0.139 e. The second kappa shape index (κ2) is 5.94. The SMILES string of the molecule is COCC1CCCN(c2ncnc3cc(Cl)ccc23)C1. The molecule has 0 spiro atoms. The molecule has 0 saturated carbocycles. The minimum Gasteiger partial charge on any atom is -0.384 e. The normalized spacial score (nSPS) is 19.5. The van der Waals surface area contributed by atoms with Crippen molar-refractivity contribution in [2.75, 3.05) is 31.7 Å². The second-order valence-electron chi connectivity index (χ2n) is 5.27. The van der Waals surface area contributed by atoms with Gasteiger partial charge in [-0.2, -0.15) is 0 Å². The molecule has 2 aromatic rings. The lowest BCUT2D eigenvalue weighted by molar-refractivity contribution is 0.143. The maximum absolute atomic E-state index is 6.03. The Labute approximate surface area is 123 Å². The molecule has 3 rings (SSSR count). The summed E-state index contributed by atoms with van der Waals surface area (Å²) in [5.41, 5.74) is 0.899. The predicted molar refractivity (Wildman–Crippen MR) is 81.4 cm³/mol. The third-order valence-corrected chi connectivity index (χ3v) is 4.03. The quantitative estimate of drug-likeness (QED) is 0.871. The predicted octanol–water partition coefficient (Wildman–Crippen LogP) is 3.15. The average Bonchev–Trinajstić information content (AvgIpc) is 2.47. The molecule has 1 aliphatic rings. The maximum atomic E-state index is 6.03. The van der Waals surface area contributed by atoms with Gasteiger partial charge in [0.05, 0.1) is 12.1 Å². The van der Waals surface area contributed by atoms with E-state index in [0.29, 0.717) is 10.9 Å². The van der Waals surface area contributed by atoms with Crippen LogP contribution in [0.5, 0.6) is 0 Å². The summed E-state index contributed by atoms with van der Waals surface area (Å²) in [6.07, 6.45) is 4.01. The Bertz CT molecular complexity index is 603. The molecular weight excluding hydrogens is 274 g/mol. The molecule has 1 aliphatic heterocycles. The fourth-order valence-corrected chi connectivity index (χ4v) is 3.06. The van der Waals surface area contributed by atoms with Crippen molar-refractivity contribution in [3.63, 3.8) is 0 Å². The summed E-state index contributed by atoms with van der Waals surface area (Å²) < 4.78 is 5.29. The Morgan fingerprint density at radius 1 is 1.40 bits per heavy atom. The third kappa shape index (κ3) is 2.72. The van der Waals surface area contributed by atoms with E-state index in [0.717, 1.165) is 36.4 Å². The van der Waals surface area contributed by atoms with Gasteiger partial charge in [0.2, 0.25) is 0 Å². The number of hydrogen-bond donors (Lipinski definition) is 0. The summed E-state index contributed by atoms with van der Waals surface area (Å²) in [7, 11) is 1.76. The van der Waals surface area contributed by atoms with Crippen molar-refractivity contribution < 1.29 is 4.74 Å². The van der Waals surface area contributed by atoms with Gasteiger partial charge in [0.25, 0.3) is 0 Å². The number of benzene rings is 1. The van der Waals surface area contributed by atoms with Gasteiger partial charge >= 0.3 is 0 Å². The van der Waals surface area contributed by atoms with Crippen LogP contribution in [0.2, 0.25) is 5.02 Å². The highest BCUT2D eigenvalue weighted by Crippen LogP contribution is 2.28. The summed E-state index contributed by atoms with van der Waals surface area (Å²) >= 11 is 6.03. The average molecular weight is 292 g/mol. The molecule has 0 bridgehead atoms. The molecule has 1 unspecified atom stereocenters. The molecule has 0 radical (unpaired) electrons. The topological polar surface area (TPSA) is 38.2 Å². The van der Waals surface area contributed by atoms with Crippen molar-refractivity contribution in [3.05, 3.63) is 29.5 Å². The van der Waals surface area contributed by atoms with Crippen LogP contribution in [0.25, 0.3) is 10.9 Å². The monoisotopic (exact) mass is 291 g/mol. The van der Waals surface area contributed by atoms with Crippen molar-refractivity contribution in [1.29, 1.82) is 0 Å². The van der Waals surface area contributed by atoms with Gasteiger partial charge in [-0.15, -0.1) is 0 Å². The molecule has 106 valence electrons. The standard InChI is InChI=1S/C15H18ClN3O/c1-20-9-11-3-2-6-19(8-11)15-13-5-4-12(16)7-14(13)17-10-18-15/h4-5,7,10-11H,2-3,6,8-9H2,1H3. The van der Waals surface area contributed by atoms with E-state index in [2.05, 4.69) is 14.9 Å². The summed E-state index contributed by atoms with van der Waals surface area (Å²) in [5, 5.41) is 1.77. The van der Waals surface area contributed by atoms with Crippen molar-refractivity contribution in [2.45, 2.75) is 12.8 Å². The fraction of sp³-hybridized carbons (Fsp3) is 0.467. The highest BCUT2D eigenvalue weighted by molar-refractivity contribution is 6.31.